The molecule has 0 aromatic heterocycles. The van der Waals surface area contributed by atoms with E-state index in [9.17, 15) is 4.79 Å². The average Bonchev–Trinajstić information content (AvgIpc) is 2.82. The summed E-state index contributed by atoms with van der Waals surface area (Å²) in [5.41, 5.74) is 2.16. The van der Waals surface area contributed by atoms with Gasteiger partial charge >= 0.3 is 0 Å². The Kier molecular flexibility index (Phi) is 9.94. The molecule has 0 heterocycles. The summed E-state index contributed by atoms with van der Waals surface area (Å²) in [5.74, 6) is -0.402. The Bertz CT molecular complexity index is 771. The topological polar surface area (TPSA) is 38.8 Å². The van der Waals surface area contributed by atoms with E-state index < -0.39 is 8.32 Å². The van der Waals surface area contributed by atoms with Crippen LogP contribution in [0.25, 0.3) is 0 Å². The lowest BCUT2D eigenvalue weighted by atomic mass is 9.77. The molecule has 0 aliphatic heterocycles. The van der Waals surface area contributed by atoms with Crippen LogP contribution >= 0.6 is 0 Å². The molecule has 3 atom stereocenters. The first-order chi connectivity index (χ1) is 14.9. The van der Waals surface area contributed by atoms with Gasteiger partial charge in [-0.15, -0.1) is 0 Å². The van der Waals surface area contributed by atoms with Crippen LogP contribution in [-0.4, -0.2) is 39.5 Å². The van der Waals surface area contributed by atoms with Crippen LogP contribution in [0.4, 0.5) is 0 Å². The van der Waals surface area contributed by atoms with Gasteiger partial charge in [-0.05, 0) is 42.6 Å². The summed E-state index contributed by atoms with van der Waals surface area (Å²) in [6, 6.07) is 23.8. The maximum Gasteiger partial charge on any atom is 0.253 e. The fraction of sp³-hybridized carbons (Fsp3) is 0.500. The average molecular weight is 442 g/mol. The van der Waals surface area contributed by atoms with Gasteiger partial charge in [-0.1, -0.05) is 81.4 Å². The molecule has 0 aliphatic rings. The third-order valence-corrected chi connectivity index (χ3v) is 11.4. The molecule has 1 amide bonds. The summed E-state index contributed by atoms with van der Waals surface area (Å²) < 4.78 is 6.77. The molecule has 2 rings (SSSR count). The highest BCUT2D eigenvalue weighted by atomic mass is 28.4. The van der Waals surface area contributed by atoms with Crippen molar-refractivity contribution in [2.75, 3.05) is 14.2 Å². The molecule has 0 aliphatic carbocycles. The van der Waals surface area contributed by atoms with Crippen molar-refractivity contribution in [3.8, 4) is 0 Å². The zero-order chi connectivity index (χ0) is 22.9. The zero-order valence-corrected chi connectivity index (χ0v) is 21.0. The molecule has 0 fully saturated rings. The number of amides is 1. The van der Waals surface area contributed by atoms with Crippen LogP contribution in [0.15, 0.2) is 60.7 Å². The number of likely N-dealkylation sites (N-methyl/N-ethyl adjacent to an activating group) is 1. The molecule has 0 saturated heterocycles. The van der Waals surface area contributed by atoms with Crippen LogP contribution in [0.3, 0.4) is 0 Å². The minimum absolute atomic E-state index is 0.0130. The monoisotopic (exact) mass is 441 g/mol. The molecule has 0 saturated carbocycles. The molecule has 0 spiro atoms. The quantitative estimate of drug-likeness (QED) is 0.283. The van der Waals surface area contributed by atoms with E-state index in [2.05, 4.69) is 39.8 Å². The van der Waals surface area contributed by atoms with Crippen LogP contribution in [0.2, 0.25) is 18.1 Å². The molecular weight excluding hydrogens is 402 g/mol. The predicted molar refractivity (Wildman–Crippen MR) is 131 cm³/mol. The predicted octanol–water partition coefficient (Wildman–Crippen LogP) is 6.37. The summed E-state index contributed by atoms with van der Waals surface area (Å²) in [5, 5.41) is 1.35. The Labute approximate surface area is 189 Å². The highest BCUT2D eigenvalue weighted by molar-refractivity contribution is 6.73. The molecule has 170 valence electrons. The summed E-state index contributed by atoms with van der Waals surface area (Å²) in [4.78, 5) is 18.8. The van der Waals surface area contributed by atoms with Gasteiger partial charge in [-0.3, -0.25) is 9.63 Å². The second-order valence-corrected chi connectivity index (χ2v) is 13.1. The summed E-state index contributed by atoms with van der Waals surface area (Å²) >= 11 is 0. The normalized spacial score (nSPS) is 14.6. The van der Waals surface area contributed by atoms with Gasteiger partial charge in [0.15, 0.2) is 8.32 Å². The van der Waals surface area contributed by atoms with Gasteiger partial charge in [0.05, 0.1) is 13.0 Å². The lowest BCUT2D eigenvalue weighted by molar-refractivity contribution is -0.171. The smallest absolute Gasteiger partial charge is 0.253 e. The molecule has 0 radical (unpaired) electrons. The minimum Gasteiger partial charge on any atom is -0.414 e. The Morgan fingerprint density at radius 2 is 1.39 bits per heavy atom. The van der Waals surface area contributed by atoms with E-state index in [-0.39, 0.29) is 23.8 Å². The molecule has 2 aromatic carbocycles. The molecule has 31 heavy (non-hydrogen) atoms. The van der Waals surface area contributed by atoms with Crippen molar-refractivity contribution >= 4 is 14.2 Å². The second kappa shape index (κ2) is 12.2. The maximum absolute atomic E-state index is 13.5. The molecule has 3 unspecified atom stereocenters. The Morgan fingerprint density at radius 3 is 1.84 bits per heavy atom. The zero-order valence-electron chi connectivity index (χ0n) is 20.0. The van der Waals surface area contributed by atoms with Crippen molar-refractivity contribution in [1.29, 1.82) is 0 Å². The van der Waals surface area contributed by atoms with E-state index in [1.54, 1.807) is 7.05 Å². The largest absolute Gasteiger partial charge is 0.414 e. The number of hydrogen-bond donors (Lipinski definition) is 0. The van der Waals surface area contributed by atoms with Gasteiger partial charge in [0.25, 0.3) is 5.91 Å². The second-order valence-electron chi connectivity index (χ2n) is 8.33. The first kappa shape index (κ1) is 25.3. The lowest BCUT2D eigenvalue weighted by Crippen LogP contribution is -2.40. The molecule has 4 nitrogen and oxygen atoms in total. The Hall–Kier alpha value is -1.95. The number of nitrogens with zero attached hydrogens (tertiary/aromatic N) is 1. The SMILES string of the molecule is CC[Si](CC)(CC)OC(C)CC(c1ccccc1)C(C(=O)N(C)OC)c1ccccc1. The van der Waals surface area contributed by atoms with Gasteiger partial charge in [-0.2, -0.15) is 0 Å². The maximum atomic E-state index is 13.5. The van der Waals surface area contributed by atoms with Gasteiger partial charge in [0.1, 0.15) is 0 Å². The molecular formula is C26H39NO3Si. The van der Waals surface area contributed by atoms with E-state index in [1.807, 2.05) is 48.5 Å². The van der Waals surface area contributed by atoms with E-state index >= 15 is 0 Å². The summed E-state index contributed by atoms with van der Waals surface area (Å²) in [6.07, 6.45) is 0.852. The number of carbonyl (C=O) groups excluding carboxylic acids is 1. The van der Waals surface area contributed by atoms with Gasteiger partial charge in [-0.25, -0.2) is 5.06 Å². The van der Waals surface area contributed by atoms with Gasteiger partial charge in [0.2, 0.25) is 0 Å². The highest BCUT2D eigenvalue weighted by Gasteiger charge is 2.37. The van der Waals surface area contributed by atoms with Crippen LogP contribution in [-0.2, 0) is 14.1 Å². The van der Waals surface area contributed by atoms with Crippen molar-refractivity contribution in [2.45, 2.75) is 70.2 Å². The van der Waals surface area contributed by atoms with E-state index in [1.165, 1.54) is 12.2 Å². The number of carbonyl (C=O) groups is 1. The Morgan fingerprint density at radius 1 is 0.903 bits per heavy atom. The van der Waals surface area contributed by atoms with Crippen molar-refractivity contribution in [3.63, 3.8) is 0 Å². The summed E-state index contributed by atoms with van der Waals surface area (Å²) in [6.45, 7) is 8.94. The van der Waals surface area contributed by atoms with Crippen molar-refractivity contribution in [2.24, 2.45) is 0 Å². The van der Waals surface area contributed by atoms with Crippen molar-refractivity contribution in [1.82, 2.24) is 5.06 Å². The van der Waals surface area contributed by atoms with Crippen molar-refractivity contribution < 1.29 is 14.1 Å². The van der Waals surface area contributed by atoms with E-state index in [0.29, 0.717) is 0 Å². The van der Waals surface area contributed by atoms with Gasteiger partial charge < -0.3 is 4.43 Å². The molecule has 2 aromatic rings. The van der Waals surface area contributed by atoms with Crippen LogP contribution in [0.5, 0.6) is 0 Å². The standard InChI is InChI=1S/C26H39NO3Si/c1-7-31(8-2,9-3)30-21(4)20-24(22-16-12-10-13-17-22)25(26(28)27(5)29-6)23-18-14-11-15-19-23/h10-19,21,24-25H,7-9,20H2,1-6H3. The highest BCUT2D eigenvalue weighted by Crippen LogP contribution is 2.39. The number of hydrogen-bond acceptors (Lipinski definition) is 3. The van der Waals surface area contributed by atoms with Gasteiger partial charge in [0, 0.05) is 19.1 Å². The minimum atomic E-state index is -1.74. The first-order valence-corrected chi connectivity index (χ1v) is 14.0. The molecule has 0 bridgehead atoms. The Balaban J connectivity index is 2.46. The number of rotatable bonds is 12. The molecule has 0 N–H and O–H groups in total. The fourth-order valence-corrected chi connectivity index (χ4v) is 7.44. The van der Waals surface area contributed by atoms with E-state index in [0.717, 1.165) is 35.7 Å². The van der Waals surface area contributed by atoms with Crippen LogP contribution in [0, 0.1) is 0 Å². The fourth-order valence-electron chi connectivity index (χ4n) is 4.49. The third-order valence-electron chi connectivity index (χ3n) is 6.61. The van der Waals surface area contributed by atoms with Crippen LogP contribution < -0.4 is 0 Å². The van der Waals surface area contributed by atoms with E-state index in [4.69, 9.17) is 9.26 Å². The number of hydroxylamine groups is 2. The third kappa shape index (κ3) is 6.51. The first-order valence-electron chi connectivity index (χ1n) is 11.5. The molecule has 5 heteroatoms. The van der Waals surface area contributed by atoms with Crippen LogP contribution in [0.1, 0.15) is 57.1 Å². The van der Waals surface area contributed by atoms with Crippen molar-refractivity contribution in [3.05, 3.63) is 71.8 Å². The summed E-state index contributed by atoms with van der Waals surface area (Å²) in [7, 11) is 1.48. The lowest BCUT2D eigenvalue weighted by Gasteiger charge is -2.36. The number of benzene rings is 2.